The average Bonchev–Trinajstić information content (AvgIpc) is 2.73. The van der Waals surface area contributed by atoms with E-state index in [4.69, 9.17) is 15.2 Å². The smallest absolute Gasteiger partial charge is 0.163 e. The molecule has 0 saturated carbocycles. The minimum absolute atomic E-state index is 0.486. The molecule has 0 atom stereocenters. The maximum absolute atomic E-state index is 6.01. The van der Waals surface area contributed by atoms with Crippen LogP contribution in [0.1, 0.15) is 12.0 Å². The van der Waals surface area contributed by atoms with E-state index in [0.717, 1.165) is 29.2 Å². The van der Waals surface area contributed by atoms with Gasteiger partial charge in [0.05, 0.1) is 18.9 Å². The van der Waals surface area contributed by atoms with E-state index in [-0.39, 0.29) is 0 Å². The summed E-state index contributed by atoms with van der Waals surface area (Å²) in [7, 11) is 0. The number of aliphatic imine (C=N–C) groups is 1. The molecule has 1 aliphatic rings. The molecule has 2 aromatic carbocycles. The maximum atomic E-state index is 6.01. The molecule has 0 aliphatic carbocycles. The summed E-state index contributed by atoms with van der Waals surface area (Å²) in [6.45, 7) is 1.34. The first-order chi connectivity index (χ1) is 9.83. The molecule has 0 saturated heterocycles. The number of fused-ring (bicyclic) bond motifs is 1. The van der Waals surface area contributed by atoms with Crippen LogP contribution in [-0.4, -0.2) is 19.0 Å². The summed E-state index contributed by atoms with van der Waals surface area (Å²) in [4.78, 5) is 4.43. The van der Waals surface area contributed by atoms with Crippen LogP contribution in [0.25, 0.3) is 0 Å². The van der Waals surface area contributed by atoms with Gasteiger partial charge in [0.15, 0.2) is 11.5 Å². The Balaban J connectivity index is 1.89. The lowest BCUT2D eigenvalue weighted by Crippen LogP contribution is -2.12. The molecular weight excluding hydrogens is 252 g/mol. The van der Waals surface area contributed by atoms with Gasteiger partial charge in [0.25, 0.3) is 0 Å². The van der Waals surface area contributed by atoms with E-state index < -0.39 is 0 Å². The first-order valence-electron chi connectivity index (χ1n) is 6.62. The molecule has 2 aromatic rings. The Bertz CT molecular complexity index is 624. The largest absolute Gasteiger partial charge is 0.490 e. The topological polar surface area (TPSA) is 56.8 Å². The second kappa shape index (κ2) is 5.65. The van der Waals surface area contributed by atoms with Crippen LogP contribution in [0.3, 0.4) is 0 Å². The summed E-state index contributed by atoms with van der Waals surface area (Å²) in [5.74, 6) is 1.98. The third-order valence-corrected chi connectivity index (χ3v) is 3.05. The van der Waals surface area contributed by atoms with Gasteiger partial charge in [-0.05, 0) is 12.1 Å². The molecule has 0 bridgehead atoms. The number of hydrogen-bond acceptors (Lipinski definition) is 3. The summed E-state index contributed by atoms with van der Waals surface area (Å²) in [5.41, 5.74) is 7.67. The molecule has 20 heavy (non-hydrogen) atoms. The molecule has 2 N–H and O–H groups in total. The summed E-state index contributed by atoms with van der Waals surface area (Å²) in [5, 5.41) is 0. The highest BCUT2D eigenvalue weighted by molar-refractivity contribution is 5.99. The Morgan fingerprint density at radius 1 is 0.950 bits per heavy atom. The van der Waals surface area contributed by atoms with Crippen LogP contribution >= 0.6 is 0 Å². The average molecular weight is 268 g/mol. The number of hydrogen-bond donors (Lipinski definition) is 1. The lowest BCUT2D eigenvalue weighted by atomic mass is 10.2. The number of rotatable bonds is 2. The summed E-state index contributed by atoms with van der Waals surface area (Å²) < 4.78 is 11.2. The normalized spacial score (nSPS) is 14.7. The van der Waals surface area contributed by atoms with E-state index in [1.54, 1.807) is 0 Å². The van der Waals surface area contributed by atoms with Crippen molar-refractivity contribution in [3.8, 4) is 11.5 Å². The predicted molar refractivity (Wildman–Crippen MR) is 78.9 cm³/mol. The fourth-order valence-corrected chi connectivity index (χ4v) is 2.03. The minimum Gasteiger partial charge on any atom is -0.490 e. The van der Waals surface area contributed by atoms with Crippen molar-refractivity contribution < 1.29 is 9.47 Å². The third kappa shape index (κ3) is 2.74. The molecule has 3 rings (SSSR count). The Kier molecular flexibility index (Phi) is 3.54. The van der Waals surface area contributed by atoms with Gasteiger partial charge in [-0.25, -0.2) is 4.99 Å². The van der Waals surface area contributed by atoms with Crippen molar-refractivity contribution >= 4 is 11.5 Å². The third-order valence-electron chi connectivity index (χ3n) is 3.05. The van der Waals surface area contributed by atoms with Crippen LogP contribution in [-0.2, 0) is 0 Å². The zero-order chi connectivity index (χ0) is 13.8. The molecule has 0 spiro atoms. The van der Waals surface area contributed by atoms with Crippen molar-refractivity contribution in [2.75, 3.05) is 13.2 Å². The number of amidine groups is 1. The first-order valence-corrected chi connectivity index (χ1v) is 6.62. The van der Waals surface area contributed by atoms with Crippen molar-refractivity contribution in [3.63, 3.8) is 0 Å². The number of ether oxygens (including phenoxy) is 2. The standard InChI is InChI=1S/C16H16N2O2/c17-16(12-5-2-1-3-6-12)18-13-7-8-14-15(11-13)20-10-4-9-19-14/h1-3,5-8,11H,4,9-10H2,(H2,17,18). The molecule has 0 amide bonds. The van der Waals surface area contributed by atoms with Crippen LogP contribution in [0, 0.1) is 0 Å². The lowest BCUT2D eigenvalue weighted by molar-refractivity contribution is 0.297. The molecule has 102 valence electrons. The van der Waals surface area contributed by atoms with Crippen LogP contribution in [0.15, 0.2) is 53.5 Å². The van der Waals surface area contributed by atoms with Crippen molar-refractivity contribution in [3.05, 3.63) is 54.1 Å². The fourth-order valence-electron chi connectivity index (χ4n) is 2.03. The zero-order valence-corrected chi connectivity index (χ0v) is 11.1. The van der Waals surface area contributed by atoms with Crippen molar-refractivity contribution in [1.29, 1.82) is 0 Å². The molecule has 1 heterocycles. The van der Waals surface area contributed by atoms with E-state index in [9.17, 15) is 0 Å². The van der Waals surface area contributed by atoms with Gasteiger partial charge in [-0.3, -0.25) is 0 Å². The fraction of sp³-hybridized carbons (Fsp3) is 0.188. The van der Waals surface area contributed by atoms with Crippen LogP contribution in [0.2, 0.25) is 0 Å². The summed E-state index contributed by atoms with van der Waals surface area (Å²) in [6, 6.07) is 15.3. The maximum Gasteiger partial charge on any atom is 0.163 e. The van der Waals surface area contributed by atoms with Crippen LogP contribution in [0.5, 0.6) is 11.5 Å². The molecule has 0 aromatic heterocycles. The second-order valence-electron chi connectivity index (χ2n) is 4.54. The number of nitrogens with zero attached hydrogens (tertiary/aromatic N) is 1. The summed E-state index contributed by atoms with van der Waals surface area (Å²) >= 11 is 0. The molecule has 0 fully saturated rings. The molecule has 4 heteroatoms. The Hall–Kier alpha value is -2.49. The van der Waals surface area contributed by atoms with Gasteiger partial charge in [-0.1, -0.05) is 30.3 Å². The van der Waals surface area contributed by atoms with Gasteiger partial charge in [0.1, 0.15) is 5.84 Å². The highest BCUT2D eigenvalue weighted by atomic mass is 16.5. The van der Waals surface area contributed by atoms with Crippen LogP contribution in [0.4, 0.5) is 5.69 Å². The van der Waals surface area contributed by atoms with E-state index in [1.165, 1.54) is 0 Å². The molecule has 1 aliphatic heterocycles. The van der Waals surface area contributed by atoms with Gasteiger partial charge in [-0.15, -0.1) is 0 Å². The van der Waals surface area contributed by atoms with Crippen LogP contribution < -0.4 is 15.2 Å². The SMILES string of the molecule is NC(=Nc1ccc2c(c1)OCCCO2)c1ccccc1. The minimum atomic E-state index is 0.486. The second-order valence-corrected chi connectivity index (χ2v) is 4.54. The lowest BCUT2D eigenvalue weighted by Gasteiger charge is -2.08. The van der Waals surface area contributed by atoms with Crippen molar-refractivity contribution in [1.82, 2.24) is 0 Å². The quantitative estimate of drug-likeness (QED) is 0.673. The molecular formula is C16H16N2O2. The van der Waals surface area contributed by atoms with E-state index in [0.29, 0.717) is 19.0 Å². The van der Waals surface area contributed by atoms with Gasteiger partial charge in [-0.2, -0.15) is 0 Å². The highest BCUT2D eigenvalue weighted by Gasteiger charge is 2.10. The Morgan fingerprint density at radius 2 is 1.70 bits per heavy atom. The van der Waals surface area contributed by atoms with E-state index in [1.807, 2.05) is 48.5 Å². The van der Waals surface area contributed by atoms with Crippen molar-refractivity contribution in [2.24, 2.45) is 10.7 Å². The molecule has 0 radical (unpaired) electrons. The number of benzene rings is 2. The molecule has 0 unspecified atom stereocenters. The zero-order valence-electron chi connectivity index (χ0n) is 11.1. The monoisotopic (exact) mass is 268 g/mol. The molecule has 4 nitrogen and oxygen atoms in total. The Morgan fingerprint density at radius 3 is 2.50 bits per heavy atom. The van der Waals surface area contributed by atoms with Gasteiger partial charge in [0.2, 0.25) is 0 Å². The van der Waals surface area contributed by atoms with Crippen molar-refractivity contribution in [2.45, 2.75) is 6.42 Å². The highest BCUT2D eigenvalue weighted by Crippen LogP contribution is 2.33. The Labute approximate surface area is 117 Å². The van der Waals surface area contributed by atoms with E-state index in [2.05, 4.69) is 4.99 Å². The summed E-state index contributed by atoms with van der Waals surface area (Å²) in [6.07, 6.45) is 0.888. The van der Waals surface area contributed by atoms with Gasteiger partial charge >= 0.3 is 0 Å². The van der Waals surface area contributed by atoms with E-state index >= 15 is 0 Å². The van der Waals surface area contributed by atoms with Gasteiger partial charge in [0, 0.05) is 18.1 Å². The predicted octanol–water partition coefficient (Wildman–Crippen LogP) is 2.88. The number of nitrogens with two attached hydrogens (primary N) is 1. The first kappa shape index (κ1) is 12.5. The van der Waals surface area contributed by atoms with Gasteiger partial charge < -0.3 is 15.2 Å².